The smallest absolute Gasteiger partial charge is 0.264 e. The fourth-order valence-corrected chi connectivity index (χ4v) is 2.16. The molecule has 7 heteroatoms. The lowest BCUT2D eigenvalue weighted by Crippen LogP contribution is -2.09. The average molecular weight is 275 g/mol. The molecule has 2 aromatic heterocycles. The Morgan fingerprint density at radius 1 is 1.47 bits per heavy atom. The van der Waals surface area contributed by atoms with E-state index in [-0.39, 0.29) is 6.61 Å². The van der Waals surface area contributed by atoms with Crippen molar-refractivity contribution < 1.29 is 12.6 Å². The van der Waals surface area contributed by atoms with Gasteiger partial charge in [-0.2, -0.15) is 8.42 Å². The second kappa shape index (κ2) is 4.64. The number of hydrogen-bond acceptors (Lipinski definition) is 4. The predicted octanol–water partition coefficient (Wildman–Crippen LogP) is 1.67. The molecule has 5 nitrogen and oxygen atoms in total. The average Bonchev–Trinajstić information content (AvgIpc) is 2.61. The molecule has 0 fully saturated rings. The zero-order valence-corrected chi connectivity index (χ0v) is 10.7. The molecule has 0 spiro atoms. The largest absolute Gasteiger partial charge is 0.345 e. The zero-order valence-electron chi connectivity index (χ0n) is 9.13. The highest BCUT2D eigenvalue weighted by atomic mass is 35.5. The van der Waals surface area contributed by atoms with Crippen LogP contribution in [0.25, 0.3) is 10.9 Å². The fourth-order valence-electron chi connectivity index (χ4n) is 1.57. The summed E-state index contributed by atoms with van der Waals surface area (Å²) in [7, 11) is -3.39. The van der Waals surface area contributed by atoms with Crippen LogP contribution in [0.15, 0.2) is 24.5 Å². The summed E-state index contributed by atoms with van der Waals surface area (Å²) in [6, 6.07) is 3.66. The van der Waals surface area contributed by atoms with Crippen LogP contribution in [-0.4, -0.2) is 30.8 Å². The van der Waals surface area contributed by atoms with Crippen LogP contribution >= 0.6 is 11.6 Å². The lowest BCUT2D eigenvalue weighted by atomic mass is 10.3. The standard InChI is InChI=1S/C10H11ClN2O3S/c1-17(14,15)16-7-6-13-5-3-8-9(13)2-4-12-10(8)11/h2-5H,6-7H2,1H3. The number of nitrogens with zero attached hydrogens (tertiary/aromatic N) is 2. The van der Waals surface area contributed by atoms with Gasteiger partial charge in [0.25, 0.3) is 10.1 Å². The normalized spacial score (nSPS) is 12.1. The number of halogens is 1. The van der Waals surface area contributed by atoms with Gasteiger partial charge in [-0.15, -0.1) is 0 Å². The summed E-state index contributed by atoms with van der Waals surface area (Å²) in [5, 5.41) is 1.28. The Kier molecular flexibility index (Phi) is 3.37. The van der Waals surface area contributed by atoms with E-state index in [9.17, 15) is 8.42 Å². The minimum atomic E-state index is -3.39. The molecule has 92 valence electrons. The van der Waals surface area contributed by atoms with Crippen LogP contribution in [0, 0.1) is 0 Å². The molecule has 0 bridgehead atoms. The summed E-state index contributed by atoms with van der Waals surface area (Å²) < 4.78 is 28.2. The quantitative estimate of drug-likeness (QED) is 0.628. The van der Waals surface area contributed by atoms with Gasteiger partial charge in [-0.05, 0) is 12.1 Å². The second-order valence-corrected chi connectivity index (χ2v) is 5.57. The van der Waals surface area contributed by atoms with Crippen LogP contribution in [0.4, 0.5) is 0 Å². The van der Waals surface area contributed by atoms with Crippen molar-refractivity contribution in [3.8, 4) is 0 Å². The van der Waals surface area contributed by atoms with Crippen molar-refractivity contribution in [1.82, 2.24) is 9.55 Å². The second-order valence-electron chi connectivity index (χ2n) is 3.57. The Morgan fingerprint density at radius 2 is 2.24 bits per heavy atom. The topological polar surface area (TPSA) is 61.2 Å². The van der Waals surface area contributed by atoms with E-state index in [1.165, 1.54) is 0 Å². The molecule has 2 aromatic rings. The monoisotopic (exact) mass is 274 g/mol. The van der Waals surface area contributed by atoms with E-state index in [1.54, 1.807) is 6.20 Å². The van der Waals surface area contributed by atoms with E-state index < -0.39 is 10.1 Å². The molecule has 2 heterocycles. The van der Waals surface area contributed by atoms with Crippen molar-refractivity contribution in [2.45, 2.75) is 6.54 Å². The molecule has 0 amide bonds. The Morgan fingerprint density at radius 3 is 2.94 bits per heavy atom. The molecule has 2 rings (SSSR count). The molecule has 0 saturated heterocycles. The third-order valence-corrected chi connectivity index (χ3v) is 3.17. The first-order chi connectivity index (χ1) is 7.97. The van der Waals surface area contributed by atoms with Crippen LogP contribution in [0.2, 0.25) is 5.15 Å². The minimum absolute atomic E-state index is 0.0998. The van der Waals surface area contributed by atoms with Gasteiger partial charge in [0.05, 0.1) is 18.4 Å². The lowest BCUT2D eigenvalue weighted by molar-refractivity contribution is 0.306. The van der Waals surface area contributed by atoms with Crippen molar-refractivity contribution in [3.05, 3.63) is 29.7 Å². The Bertz CT molecular complexity index is 636. The number of hydrogen-bond donors (Lipinski definition) is 0. The first-order valence-corrected chi connectivity index (χ1v) is 7.10. The van der Waals surface area contributed by atoms with Crippen LogP contribution < -0.4 is 0 Å². The summed E-state index contributed by atoms with van der Waals surface area (Å²) in [6.45, 7) is 0.541. The SMILES string of the molecule is CS(=O)(=O)OCCn1ccc2c(Cl)nccc21. The molecular formula is C10H11ClN2O3S. The van der Waals surface area contributed by atoms with Crippen molar-refractivity contribution in [2.24, 2.45) is 0 Å². The Balaban J connectivity index is 2.17. The third kappa shape index (κ3) is 2.96. The molecule has 0 atom stereocenters. The Hall–Kier alpha value is -1.11. The molecule has 0 N–H and O–H groups in total. The lowest BCUT2D eigenvalue weighted by Gasteiger charge is -2.05. The van der Waals surface area contributed by atoms with E-state index >= 15 is 0 Å². The highest BCUT2D eigenvalue weighted by molar-refractivity contribution is 7.85. The van der Waals surface area contributed by atoms with E-state index in [0.29, 0.717) is 11.7 Å². The summed E-state index contributed by atoms with van der Waals surface area (Å²) in [4.78, 5) is 3.97. The maximum absolute atomic E-state index is 10.8. The molecule has 0 aliphatic rings. The van der Waals surface area contributed by atoms with Gasteiger partial charge >= 0.3 is 0 Å². The molecule has 17 heavy (non-hydrogen) atoms. The maximum atomic E-state index is 10.8. The first kappa shape index (κ1) is 12.3. The van der Waals surface area contributed by atoms with E-state index in [2.05, 4.69) is 9.17 Å². The molecule has 0 saturated carbocycles. The van der Waals surface area contributed by atoms with Crippen molar-refractivity contribution in [3.63, 3.8) is 0 Å². The molecule has 0 unspecified atom stereocenters. The van der Waals surface area contributed by atoms with Crippen molar-refractivity contribution in [2.75, 3.05) is 12.9 Å². The van der Waals surface area contributed by atoms with Gasteiger partial charge in [0.1, 0.15) is 5.15 Å². The number of fused-ring (bicyclic) bond motifs is 1. The number of rotatable bonds is 4. The van der Waals surface area contributed by atoms with Crippen LogP contribution in [0.5, 0.6) is 0 Å². The van der Waals surface area contributed by atoms with Crippen molar-refractivity contribution in [1.29, 1.82) is 0 Å². The fraction of sp³-hybridized carbons (Fsp3) is 0.300. The van der Waals surface area contributed by atoms with Gasteiger partial charge in [-0.1, -0.05) is 11.6 Å². The highest BCUT2D eigenvalue weighted by Gasteiger charge is 2.06. The van der Waals surface area contributed by atoms with E-state index in [1.807, 2.05) is 22.9 Å². The minimum Gasteiger partial charge on any atom is -0.345 e. The predicted molar refractivity (Wildman–Crippen MR) is 65.5 cm³/mol. The highest BCUT2D eigenvalue weighted by Crippen LogP contribution is 2.21. The van der Waals surface area contributed by atoms with Gasteiger partial charge in [0, 0.05) is 24.3 Å². The molecule has 0 aromatic carbocycles. The van der Waals surface area contributed by atoms with E-state index in [4.69, 9.17) is 11.6 Å². The molecule has 0 aliphatic heterocycles. The van der Waals surface area contributed by atoms with Crippen LogP contribution in [-0.2, 0) is 20.8 Å². The van der Waals surface area contributed by atoms with E-state index in [0.717, 1.165) is 17.2 Å². The molecule has 0 radical (unpaired) electrons. The summed E-state index contributed by atoms with van der Waals surface area (Å²) >= 11 is 5.93. The molecule has 0 aliphatic carbocycles. The Labute approximate surface area is 104 Å². The summed E-state index contributed by atoms with van der Waals surface area (Å²) in [5.74, 6) is 0. The third-order valence-electron chi connectivity index (χ3n) is 2.28. The van der Waals surface area contributed by atoms with Gasteiger partial charge in [-0.25, -0.2) is 4.98 Å². The summed E-state index contributed by atoms with van der Waals surface area (Å²) in [6.07, 6.45) is 4.46. The van der Waals surface area contributed by atoms with Gasteiger partial charge in [0.15, 0.2) is 0 Å². The summed E-state index contributed by atoms with van der Waals surface area (Å²) in [5.41, 5.74) is 0.905. The van der Waals surface area contributed by atoms with Gasteiger partial charge in [-0.3, -0.25) is 4.18 Å². The first-order valence-electron chi connectivity index (χ1n) is 4.91. The number of aromatic nitrogens is 2. The van der Waals surface area contributed by atoms with Gasteiger partial charge in [0.2, 0.25) is 0 Å². The zero-order chi connectivity index (χ0) is 12.5. The van der Waals surface area contributed by atoms with Crippen LogP contribution in [0.3, 0.4) is 0 Å². The maximum Gasteiger partial charge on any atom is 0.264 e. The number of pyridine rings is 1. The van der Waals surface area contributed by atoms with Gasteiger partial charge < -0.3 is 4.57 Å². The van der Waals surface area contributed by atoms with Crippen molar-refractivity contribution >= 4 is 32.6 Å². The molecular weight excluding hydrogens is 264 g/mol. The van der Waals surface area contributed by atoms with Crippen LogP contribution in [0.1, 0.15) is 0 Å².